The topological polar surface area (TPSA) is 6.48 Å². The van der Waals surface area contributed by atoms with Crippen molar-refractivity contribution in [2.24, 2.45) is 0 Å². The van der Waals surface area contributed by atoms with Gasteiger partial charge in [0, 0.05) is 25.7 Å². The number of benzene rings is 1. The van der Waals surface area contributed by atoms with Crippen LogP contribution in [0.5, 0.6) is 0 Å². The molecule has 17 heavy (non-hydrogen) atoms. The number of hydrogen-bond acceptors (Lipinski definition) is 2. The van der Waals surface area contributed by atoms with Gasteiger partial charge in [0.2, 0.25) is 0 Å². The molecule has 1 atom stereocenters. The van der Waals surface area contributed by atoms with E-state index in [1.165, 1.54) is 12.5 Å². The van der Waals surface area contributed by atoms with E-state index >= 15 is 0 Å². The number of nitrogens with zero attached hydrogens (tertiary/aromatic N) is 2. The van der Waals surface area contributed by atoms with Crippen LogP contribution < -0.4 is 0 Å². The van der Waals surface area contributed by atoms with Crippen LogP contribution in [0.25, 0.3) is 0 Å². The molecule has 1 aliphatic rings. The van der Waals surface area contributed by atoms with Crippen molar-refractivity contribution in [1.29, 1.82) is 0 Å². The predicted molar refractivity (Wildman–Crippen MR) is 71.5 cm³/mol. The fourth-order valence-electron chi connectivity index (χ4n) is 2.29. The molecule has 0 saturated carbocycles. The van der Waals surface area contributed by atoms with E-state index in [-0.39, 0.29) is 5.82 Å². The fraction of sp³-hybridized carbons (Fsp3) is 0.538. The summed E-state index contributed by atoms with van der Waals surface area (Å²) in [7, 11) is 4.23. The first-order valence-corrected chi connectivity index (χ1v) is 6.69. The number of hydrogen-bond donors (Lipinski definition) is 0. The summed E-state index contributed by atoms with van der Waals surface area (Å²) in [5.41, 5.74) is 1.03. The molecule has 0 aromatic heterocycles. The van der Waals surface area contributed by atoms with Crippen molar-refractivity contribution in [1.82, 2.24) is 9.80 Å². The van der Waals surface area contributed by atoms with E-state index in [0.29, 0.717) is 10.5 Å². The van der Waals surface area contributed by atoms with Gasteiger partial charge in [-0.2, -0.15) is 0 Å². The molecule has 0 N–H and O–H groups in total. The second kappa shape index (κ2) is 5.46. The third kappa shape index (κ3) is 3.06. The summed E-state index contributed by atoms with van der Waals surface area (Å²) in [6.45, 7) is 2.98. The van der Waals surface area contributed by atoms with Gasteiger partial charge in [-0.25, -0.2) is 4.39 Å². The minimum Gasteiger partial charge on any atom is -0.305 e. The zero-order chi connectivity index (χ0) is 12.4. The van der Waals surface area contributed by atoms with Gasteiger partial charge >= 0.3 is 0 Å². The standard InChI is InChI=1S/C13H18BrFN2/c1-16(2)11-6-7-17(9-11)8-10-4-3-5-12(15)13(10)14/h3-5,11H,6-9H2,1-2H3. The Hall–Kier alpha value is -0.450. The Kier molecular flexibility index (Phi) is 4.17. The van der Waals surface area contributed by atoms with Crippen LogP contribution in [0.1, 0.15) is 12.0 Å². The Morgan fingerprint density at radius 3 is 2.88 bits per heavy atom. The van der Waals surface area contributed by atoms with Crippen molar-refractivity contribution >= 4 is 15.9 Å². The zero-order valence-electron chi connectivity index (χ0n) is 10.3. The van der Waals surface area contributed by atoms with Crippen LogP contribution >= 0.6 is 15.9 Å². The Morgan fingerprint density at radius 1 is 1.47 bits per heavy atom. The SMILES string of the molecule is CN(C)C1CCN(Cc2cccc(F)c2Br)C1. The quantitative estimate of drug-likeness (QED) is 0.847. The second-order valence-electron chi connectivity index (χ2n) is 4.85. The Bertz CT molecular complexity index is 395. The van der Waals surface area contributed by atoms with E-state index in [9.17, 15) is 4.39 Å². The highest BCUT2D eigenvalue weighted by Crippen LogP contribution is 2.24. The smallest absolute Gasteiger partial charge is 0.137 e. The molecule has 4 heteroatoms. The maximum absolute atomic E-state index is 13.4. The largest absolute Gasteiger partial charge is 0.305 e. The molecule has 1 aromatic rings. The minimum absolute atomic E-state index is 0.175. The number of rotatable bonds is 3. The summed E-state index contributed by atoms with van der Waals surface area (Å²) in [5, 5.41) is 0. The van der Waals surface area contributed by atoms with E-state index in [1.54, 1.807) is 6.07 Å². The van der Waals surface area contributed by atoms with Crippen LogP contribution in [0.2, 0.25) is 0 Å². The van der Waals surface area contributed by atoms with Gasteiger partial charge in [0.05, 0.1) is 4.47 Å². The van der Waals surface area contributed by atoms with Gasteiger partial charge in [-0.05, 0) is 48.1 Å². The maximum Gasteiger partial charge on any atom is 0.137 e. The van der Waals surface area contributed by atoms with Crippen molar-refractivity contribution < 1.29 is 4.39 Å². The van der Waals surface area contributed by atoms with E-state index in [1.807, 2.05) is 6.07 Å². The highest BCUT2D eigenvalue weighted by molar-refractivity contribution is 9.10. The van der Waals surface area contributed by atoms with Gasteiger partial charge in [0.15, 0.2) is 0 Å². The first-order chi connectivity index (χ1) is 8.08. The molecule has 1 heterocycles. The molecule has 1 saturated heterocycles. The van der Waals surface area contributed by atoms with Crippen molar-refractivity contribution in [3.05, 3.63) is 34.1 Å². The van der Waals surface area contributed by atoms with Crippen LogP contribution in [0, 0.1) is 5.82 Å². The Morgan fingerprint density at radius 2 is 2.24 bits per heavy atom. The molecule has 94 valence electrons. The molecule has 1 aromatic carbocycles. The molecule has 0 amide bonds. The molecule has 1 unspecified atom stereocenters. The van der Waals surface area contributed by atoms with Gasteiger partial charge in [-0.3, -0.25) is 4.90 Å². The summed E-state index contributed by atoms with van der Waals surface area (Å²) >= 11 is 3.32. The van der Waals surface area contributed by atoms with Gasteiger partial charge in [0.1, 0.15) is 5.82 Å². The van der Waals surface area contributed by atoms with Gasteiger partial charge < -0.3 is 4.90 Å². The summed E-state index contributed by atoms with van der Waals surface area (Å²) in [6.07, 6.45) is 1.19. The molecular weight excluding hydrogens is 283 g/mol. The van der Waals surface area contributed by atoms with Crippen LogP contribution in [0.3, 0.4) is 0 Å². The lowest BCUT2D eigenvalue weighted by atomic mass is 10.2. The van der Waals surface area contributed by atoms with Crippen LogP contribution in [-0.2, 0) is 6.54 Å². The Labute approximate surface area is 111 Å². The molecule has 1 aliphatic heterocycles. The minimum atomic E-state index is -0.175. The van der Waals surface area contributed by atoms with Gasteiger partial charge in [-0.1, -0.05) is 12.1 Å². The highest BCUT2D eigenvalue weighted by Gasteiger charge is 2.24. The Balaban J connectivity index is 2.00. The predicted octanol–water partition coefficient (Wildman–Crippen LogP) is 2.72. The molecule has 0 radical (unpaired) electrons. The fourth-order valence-corrected chi connectivity index (χ4v) is 2.68. The van der Waals surface area contributed by atoms with Crippen LogP contribution in [0.4, 0.5) is 4.39 Å². The summed E-state index contributed by atoms with van der Waals surface area (Å²) in [4.78, 5) is 4.64. The molecule has 0 spiro atoms. The van der Waals surface area contributed by atoms with E-state index in [4.69, 9.17) is 0 Å². The first-order valence-electron chi connectivity index (χ1n) is 5.89. The van der Waals surface area contributed by atoms with Crippen LogP contribution in [0.15, 0.2) is 22.7 Å². The van der Waals surface area contributed by atoms with E-state index in [0.717, 1.165) is 25.2 Å². The lowest BCUT2D eigenvalue weighted by molar-refractivity contribution is 0.264. The molecular formula is C13H18BrFN2. The van der Waals surface area contributed by atoms with Crippen molar-refractivity contribution in [3.63, 3.8) is 0 Å². The lowest BCUT2D eigenvalue weighted by Crippen LogP contribution is -2.31. The van der Waals surface area contributed by atoms with E-state index < -0.39 is 0 Å². The number of likely N-dealkylation sites (tertiary alicyclic amines) is 1. The average Bonchev–Trinajstić information content (AvgIpc) is 2.73. The van der Waals surface area contributed by atoms with Crippen molar-refractivity contribution in [3.8, 4) is 0 Å². The third-order valence-electron chi connectivity index (χ3n) is 3.40. The molecule has 1 fully saturated rings. The highest BCUT2D eigenvalue weighted by atomic mass is 79.9. The average molecular weight is 301 g/mol. The van der Waals surface area contributed by atoms with Crippen molar-refractivity contribution in [2.75, 3.05) is 27.2 Å². The second-order valence-corrected chi connectivity index (χ2v) is 5.65. The van der Waals surface area contributed by atoms with Crippen LogP contribution in [-0.4, -0.2) is 43.0 Å². The molecule has 2 nitrogen and oxygen atoms in total. The third-order valence-corrected chi connectivity index (χ3v) is 4.29. The monoisotopic (exact) mass is 300 g/mol. The number of likely N-dealkylation sites (N-methyl/N-ethyl adjacent to an activating group) is 1. The molecule has 0 aliphatic carbocycles. The summed E-state index contributed by atoms with van der Waals surface area (Å²) < 4.78 is 14.0. The maximum atomic E-state index is 13.4. The summed E-state index contributed by atoms with van der Waals surface area (Å²) in [5.74, 6) is -0.175. The molecule has 0 bridgehead atoms. The first kappa shape index (κ1) is 13.0. The summed E-state index contributed by atoms with van der Waals surface area (Å²) in [6, 6.07) is 5.87. The number of halogens is 2. The van der Waals surface area contributed by atoms with E-state index in [2.05, 4.69) is 39.8 Å². The van der Waals surface area contributed by atoms with Gasteiger partial charge in [-0.15, -0.1) is 0 Å². The van der Waals surface area contributed by atoms with Gasteiger partial charge in [0.25, 0.3) is 0 Å². The lowest BCUT2D eigenvalue weighted by Gasteiger charge is -2.20. The molecule has 2 rings (SSSR count). The zero-order valence-corrected chi connectivity index (χ0v) is 11.9. The normalized spacial score (nSPS) is 21.4. The van der Waals surface area contributed by atoms with Crippen molar-refractivity contribution in [2.45, 2.75) is 19.0 Å².